The molecule has 1 unspecified atom stereocenters. The Kier molecular flexibility index (Phi) is 3.92. The molecule has 0 bridgehead atoms. The van der Waals surface area contributed by atoms with Crippen molar-refractivity contribution in [3.63, 3.8) is 0 Å². The van der Waals surface area contributed by atoms with Gasteiger partial charge in [-0.3, -0.25) is 10.1 Å². The number of carbonyl (C=O) groups is 1. The fourth-order valence-corrected chi connectivity index (χ4v) is 2.39. The maximum Gasteiger partial charge on any atom is 0.323 e. The number of hydrogen-bond donors (Lipinski definition) is 1. The molecule has 14 heavy (non-hydrogen) atoms. The number of fused-ring (bicyclic) bond motifs is 1. The number of methoxy groups -OCH3 is 1. The Morgan fingerprint density at radius 2 is 2.50 bits per heavy atom. The average Bonchev–Trinajstić information content (AvgIpc) is 2.63. The zero-order valence-corrected chi connectivity index (χ0v) is 9.41. The van der Waals surface area contributed by atoms with Crippen LogP contribution >= 0.6 is 23.7 Å². The number of carbonyl (C=O) groups excluding carboxylic acids is 1. The van der Waals surface area contributed by atoms with E-state index < -0.39 is 0 Å². The Morgan fingerprint density at radius 3 is 3.21 bits per heavy atom. The van der Waals surface area contributed by atoms with Crippen molar-refractivity contribution in [2.45, 2.75) is 19.0 Å². The molecule has 0 radical (unpaired) electrons. The fourth-order valence-electron chi connectivity index (χ4n) is 1.52. The van der Waals surface area contributed by atoms with E-state index in [0.717, 1.165) is 13.0 Å². The zero-order chi connectivity index (χ0) is 9.26. The van der Waals surface area contributed by atoms with Gasteiger partial charge < -0.3 is 4.74 Å². The second-order valence-corrected chi connectivity index (χ2v) is 4.03. The third kappa shape index (κ3) is 2.08. The van der Waals surface area contributed by atoms with E-state index in [4.69, 9.17) is 0 Å². The van der Waals surface area contributed by atoms with Gasteiger partial charge in [0, 0.05) is 11.4 Å². The molecule has 5 heteroatoms. The molecular formula is C9H12ClNO2S. The lowest BCUT2D eigenvalue weighted by Crippen LogP contribution is -2.41. The summed E-state index contributed by atoms with van der Waals surface area (Å²) in [4.78, 5) is 12.6. The molecule has 1 aliphatic heterocycles. The van der Waals surface area contributed by atoms with Crippen LogP contribution in [0.25, 0.3) is 0 Å². The molecular weight excluding hydrogens is 222 g/mol. The van der Waals surface area contributed by atoms with Crippen molar-refractivity contribution in [3.8, 4) is 0 Å². The molecule has 0 amide bonds. The normalized spacial score (nSPS) is 19.4. The van der Waals surface area contributed by atoms with Crippen molar-refractivity contribution in [2.24, 2.45) is 0 Å². The number of ether oxygens (including phenoxy) is 1. The summed E-state index contributed by atoms with van der Waals surface area (Å²) in [6.07, 6.45) is 0.755. The van der Waals surface area contributed by atoms with Gasteiger partial charge in [0.1, 0.15) is 6.04 Å². The molecule has 78 valence electrons. The van der Waals surface area contributed by atoms with Crippen molar-refractivity contribution in [2.75, 3.05) is 7.11 Å². The van der Waals surface area contributed by atoms with Crippen molar-refractivity contribution in [1.82, 2.24) is 5.32 Å². The van der Waals surface area contributed by atoms with Gasteiger partial charge in [-0.15, -0.1) is 23.7 Å². The summed E-state index contributed by atoms with van der Waals surface area (Å²) in [7, 11) is 1.42. The minimum atomic E-state index is -0.170. The van der Waals surface area contributed by atoms with E-state index in [1.165, 1.54) is 17.6 Å². The first kappa shape index (κ1) is 11.5. The monoisotopic (exact) mass is 233 g/mol. The van der Waals surface area contributed by atoms with Gasteiger partial charge in [0.2, 0.25) is 0 Å². The van der Waals surface area contributed by atoms with Gasteiger partial charge in [-0.2, -0.15) is 0 Å². The molecule has 0 aliphatic carbocycles. The Labute approximate surface area is 92.9 Å². The predicted molar refractivity (Wildman–Crippen MR) is 57.9 cm³/mol. The first-order valence-electron chi connectivity index (χ1n) is 4.17. The maximum absolute atomic E-state index is 11.2. The van der Waals surface area contributed by atoms with Crippen LogP contribution in [0.15, 0.2) is 11.4 Å². The third-order valence-electron chi connectivity index (χ3n) is 2.26. The summed E-state index contributed by atoms with van der Waals surface area (Å²) in [6.45, 7) is 0.784. The lowest BCUT2D eigenvalue weighted by Gasteiger charge is -2.21. The molecule has 1 aliphatic rings. The van der Waals surface area contributed by atoms with Crippen LogP contribution in [-0.2, 0) is 22.5 Å². The van der Waals surface area contributed by atoms with Crippen molar-refractivity contribution in [3.05, 3.63) is 21.9 Å². The van der Waals surface area contributed by atoms with Gasteiger partial charge in [0.15, 0.2) is 0 Å². The Bertz CT molecular complexity index is 326. The lowest BCUT2D eigenvalue weighted by molar-refractivity contribution is -0.143. The highest BCUT2D eigenvalue weighted by atomic mass is 35.5. The molecule has 0 fully saturated rings. The fraction of sp³-hybridized carbons (Fsp3) is 0.444. The van der Waals surface area contributed by atoms with Crippen molar-refractivity contribution >= 4 is 29.7 Å². The Morgan fingerprint density at radius 1 is 1.71 bits per heavy atom. The lowest BCUT2D eigenvalue weighted by atomic mass is 10.0. The molecule has 0 aromatic carbocycles. The minimum Gasteiger partial charge on any atom is -0.468 e. The van der Waals surface area contributed by atoms with Crippen LogP contribution in [0.2, 0.25) is 0 Å². The van der Waals surface area contributed by atoms with Crippen LogP contribution in [0.4, 0.5) is 0 Å². The molecule has 1 N–H and O–H groups in total. The number of hydrogen-bond acceptors (Lipinski definition) is 4. The SMILES string of the molecule is COC(=O)C1Cc2ccsc2CN1.Cl. The quantitative estimate of drug-likeness (QED) is 0.745. The smallest absolute Gasteiger partial charge is 0.323 e. The Balaban J connectivity index is 0.000000980. The van der Waals surface area contributed by atoms with Gasteiger partial charge in [-0.1, -0.05) is 0 Å². The molecule has 1 aromatic heterocycles. The number of halogens is 1. The molecule has 0 saturated carbocycles. The number of nitrogens with one attached hydrogen (secondary N) is 1. The van der Waals surface area contributed by atoms with Crippen LogP contribution in [0, 0.1) is 0 Å². The van der Waals surface area contributed by atoms with E-state index in [1.54, 1.807) is 11.3 Å². The van der Waals surface area contributed by atoms with Gasteiger partial charge in [0.25, 0.3) is 0 Å². The summed E-state index contributed by atoms with van der Waals surface area (Å²) in [5.41, 5.74) is 1.28. The summed E-state index contributed by atoms with van der Waals surface area (Å²) < 4.78 is 4.68. The van der Waals surface area contributed by atoms with Gasteiger partial charge in [-0.25, -0.2) is 0 Å². The molecule has 3 nitrogen and oxygen atoms in total. The summed E-state index contributed by atoms with van der Waals surface area (Å²) in [6, 6.07) is 1.92. The number of esters is 1. The summed E-state index contributed by atoms with van der Waals surface area (Å²) in [5.74, 6) is -0.170. The number of thiophene rings is 1. The van der Waals surface area contributed by atoms with Crippen molar-refractivity contribution < 1.29 is 9.53 Å². The van der Waals surface area contributed by atoms with Crippen molar-refractivity contribution in [1.29, 1.82) is 0 Å². The van der Waals surface area contributed by atoms with E-state index in [0.29, 0.717) is 0 Å². The highest BCUT2D eigenvalue weighted by Crippen LogP contribution is 2.22. The summed E-state index contributed by atoms with van der Waals surface area (Å²) >= 11 is 1.73. The van der Waals surface area contributed by atoms with Gasteiger partial charge >= 0.3 is 5.97 Å². The second-order valence-electron chi connectivity index (χ2n) is 3.03. The van der Waals surface area contributed by atoms with Crippen LogP contribution in [-0.4, -0.2) is 19.1 Å². The molecule has 0 saturated heterocycles. The van der Waals surface area contributed by atoms with E-state index in [2.05, 4.69) is 21.5 Å². The predicted octanol–water partition coefficient (Wildman–Crippen LogP) is 1.36. The Hall–Kier alpha value is -0.580. The van der Waals surface area contributed by atoms with Crippen LogP contribution in [0.5, 0.6) is 0 Å². The van der Waals surface area contributed by atoms with Gasteiger partial charge in [-0.05, 0) is 23.4 Å². The van der Waals surface area contributed by atoms with E-state index >= 15 is 0 Å². The maximum atomic E-state index is 11.2. The van der Waals surface area contributed by atoms with Crippen LogP contribution < -0.4 is 5.32 Å². The summed E-state index contributed by atoms with van der Waals surface area (Å²) in [5, 5.41) is 5.21. The molecule has 2 rings (SSSR count). The highest BCUT2D eigenvalue weighted by Gasteiger charge is 2.24. The zero-order valence-electron chi connectivity index (χ0n) is 7.78. The molecule has 0 spiro atoms. The first-order valence-corrected chi connectivity index (χ1v) is 5.05. The first-order chi connectivity index (χ1) is 6.31. The van der Waals surface area contributed by atoms with Crippen LogP contribution in [0.3, 0.4) is 0 Å². The van der Waals surface area contributed by atoms with Crippen LogP contribution in [0.1, 0.15) is 10.4 Å². The molecule has 2 heterocycles. The third-order valence-corrected chi connectivity index (χ3v) is 3.22. The standard InChI is InChI=1S/C9H11NO2S.ClH/c1-12-9(11)7-4-6-2-3-13-8(6)5-10-7;/h2-3,7,10H,4-5H2,1H3;1H. The van der Waals surface area contributed by atoms with E-state index in [1.807, 2.05) is 0 Å². The largest absolute Gasteiger partial charge is 0.468 e. The van der Waals surface area contributed by atoms with Gasteiger partial charge in [0.05, 0.1) is 7.11 Å². The average molecular weight is 234 g/mol. The topological polar surface area (TPSA) is 38.3 Å². The number of rotatable bonds is 1. The minimum absolute atomic E-state index is 0. The highest BCUT2D eigenvalue weighted by molar-refractivity contribution is 7.10. The second kappa shape index (κ2) is 4.77. The molecule has 1 aromatic rings. The molecule has 1 atom stereocenters. The van der Waals surface area contributed by atoms with E-state index in [9.17, 15) is 4.79 Å². The van der Waals surface area contributed by atoms with E-state index in [-0.39, 0.29) is 24.4 Å².